The van der Waals surface area contributed by atoms with Crippen molar-refractivity contribution in [2.24, 2.45) is 0 Å². The molecule has 0 spiro atoms. The van der Waals surface area contributed by atoms with E-state index in [1.807, 2.05) is 79.0 Å². The van der Waals surface area contributed by atoms with Gasteiger partial charge in [0.25, 0.3) is 5.56 Å². The van der Waals surface area contributed by atoms with Crippen molar-refractivity contribution < 1.29 is 23.4 Å². The van der Waals surface area contributed by atoms with Crippen LogP contribution in [0.25, 0.3) is 10.8 Å². The summed E-state index contributed by atoms with van der Waals surface area (Å²) in [5, 5.41) is 12.2. The van der Waals surface area contributed by atoms with Crippen molar-refractivity contribution >= 4 is 33.7 Å². The zero-order chi connectivity index (χ0) is 31.2. The Kier molecular flexibility index (Phi) is 9.77. The number of aromatic nitrogens is 1. The van der Waals surface area contributed by atoms with Gasteiger partial charge in [0, 0.05) is 71.9 Å². The summed E-state index contributed by atoms with van der Waals surface area (Å²) in [5.41, 5.74) is 3.49. The predicted octanol–water partition coefficient (Wildman–Crippen LogP) is 3.45. The Morgan fingerprint density at radius 2 is 1.66 bits per heavy atom. The van der Waals surface area contributed by atoms with E-state index in [1.165, 1.54) is 0 Å². The normalized spacial score (nSPS) is 15.0. The van der Waals surface area contributed by atoms with Crippen LogP contribution in [0, 0.1) is 11.8 Å². The number of carboxylic acids is 1. The molecule has 2 atom stereocenters. The van der Waals surface area contributed by atoms with Crippen molar-refractivity contribution in [2.45, 2.75) is 25.9 Å². The number of hydrogen-bond donors (Lipinski definition) is 1. The fourth-order valence-corrected chi connectivity index (χ4v) is 6.03. The van der Waals surface area contributed by atoms with Crippen molar-refractivity contribution in [1.29, 1.82) is 0 Å². The van der Waals surface area contributed by atoms with Crippen LogP contribution in [0.3, 0.4) is 0 Å². The summed E-state index contributed by atoms with van der Waals surface area (Å²) in [5.74, 6) is 6.08. The molecule has 0 saturated carbocycles. The van der Waals surface area contributed by atoms with E-state index in [1.54, 1.807) is 23.6 Å². The summed E-state index contributed by atoms with van der Waals surface area (Å²) in [6, 6.07) is 22.4. The molecule has 0 aliphatic carbocycles. The summed E-state index contributed by atoms with van der Waals surface area (Å²) in [4.78, 5) is 26.5. The monoisotopic (exact) mass is 613 g/mol. The maximum atomic E-state index is 13.3. The lowest BCUT2D eigenvalue weighted by Gasteiger charge is -2.44. The summed E-state index contributed by atoms with van der Waals surface area (Å²) in [7, 11) is 1.62. The second-order valence-electron chi connectivity index (χ2n) is 10.6. The Labute approximate surface area is 258 Å². The highest BCUT2D eigenvalue weighted by Gasteiger charge is 2.28. The summed E-state index contributed by atoms with van der Waals surface area (Å²) >= 11 is -2.56. The Bertz CT molecular complexity index is 1770. The summed E-state index contributed by atoms with van der Waals surface area (Å²) in [6.07, 6.45) is 1.54. The van der Waals surface area contributed by atoms with Crippen LogP contribution in [0.5, 0.6) is 5.75 Å². The molecule has 1 aromatic heterocycles. The Morgan fingerprint density at radius 3 is 2.30 bits per heavy atom. The molecule has 0 radical (unpaired) electrons. The number of hydrogen-bond acceptors (Lipinski definition) is 7. The molecule has 0 amide bonds. The van der Waals surface area contributed by atoms with Gasteiger partial charge in [0.15, 0.2) is 0 Å². The first-order valence-electron chi connectivity index (χ1n) is 14.2. The Morgan fingerprint density at radius 1 is 1.00 bits per heavy atom. The number of fused-ring (bicyclic) bond motifs is 1. The second-order valence-corrected chi connectivity index (χ2v) is 11.4. The number of rotatable bonds is 9. The number of pyridine rings is 1. The van der Waals surface area contributed by atoms with Gasteiger partial charge < -0.3 is 23.9 Å². The first kappa shape index (κ1) is 31.0. The molecule has 228 valence electrons. The Balaban J connectivity index is 1.24. The number of piperazine rings is 1. The molecule has 2 heterocycles. The first-order valence-corrected chi connectivity index (χ1v) is 15.2. The molecule has 44 heavy (non-hydrogen) atoms. The van der Waals surface area contributed by atoms with Gasteiger partial charge in [0.2, 0.25) is 0 Å². The topological polar surface area (TPSA) is 118 Å². The van der Waals surface area contributed by atoms with E-state index in [0.717, 1.165) is 37.9 Å². The van der Waals surface area contributed by atoms with Crippen LogP contribution >= 0.6 is 0 Å². The van der Waals surface area contributed by atoms with Gasteiger partial charge in [-0.3, -0.25) is 13.8 Å². The standard InChI is InChI=1S/C33H34N4O6S/c1-24(21-32(38)39)37(44(41)42)36-19-17-34(18-20-36)29-11-6-25(7-12-29)3-4-26-5-10-28-15-16-35(33(40)31(28)22-26)23-27-8-13-30(43-2)14-9-27/h5-16,22,24H,17-21,23H2,1-2H3,(H,38,39)(H,41,42)/p-1. The SMILES string of the molecule is COc1ccc(Cn2ccc3ccc(C#Cc4ccc(N5CCN(N(C(C)CC(=O)O)S(=O)[O-])CC5)cc4)cc3c2=O)cc1. The van der Waals surface area contributed by atoms with Crippen LogP contribution < -0.4 is 15.2 Å². The third kappa shape index (κ3) is 7.35. The molecular formula is C33H33N4O6S-. The fraction of sp³-hybridized carbons (Fsp3) is 0.273. The van der Waals surface area contributed by atoms with Gasteiger partial charge >= 0.3 is 5.97 Å². The van der Waals surface area contributed by atoms with Crippen LogP contribution in [-0.2, 0) is 22.6 Å². The number of ether oxygens (including phenoxy) is 1. The van der Waals surface area contributed by atoms with E-state index in [4.69, 9.17) is 9.84 Å². The maximum Gasteiger partial charge on any atom is 0.305 e. The van der Waals surface area contributed by atoms with Crippen LogP contribution in [0.15, 0.2) is 83.8 Å². The van der Waals surface area contributed by atoms with Gasteiger partial charge in [0.1, 0.15) is 5.75 Å². The number of carboxylic acid groups (broad SMARTS) is 1. The fourth-order valence-electron chi connectivity index (χ4n) is 5.31. The highest BCUT2D eigenvalue weighted by molar-refractivity contribution is 7.76. The number of benzene rings is 3. The minimum atomic E-state index is -2.56. The molecular weight excluding hydrogens is 580 g/mol. The largest absolute Gasteiger partial charge is 0.759 e. The van der Waals surface area contributed by atoms with Gasteiger partial charge in [-0.2, -0.15) is 4.41 Å². The van der Waals surface area contributed by atoms with E-state index >= 15 is 0 Å². The molecule has 5 rings (SSSR count). The smallest absolute Gasteiger partial charge is 0.305 e. The highest BCUT2D eigenvalue weighted by Crippen LogP contribution is 2.20. The number of methoxy groups -OCH3 is 1. The van der Waals surface area contributed by atoms with Gasteiger partial charge in [0.05, 0.1) is 20.1 Å². The predicted molar refractivity (Wildman–Crippen MR) is 169 cm³/mol. The zero-order valence-electron chi connectivity index (χ0n) is 24.5. The van der Waals surface area contributed by atoms with Crippen molar-refractivity contribution in [3.05, 3.63) is 106 Å². The molecule has 1 fully saturated rings. The molecule has 11 heteroatoms. The molecule has 1 N–H and O–H groups in total. The van der Waals surface area contributed by atoms with Crippen LogP contribution in [0.2, 0.25) is 0 Å². The third-order valence-electron chi connectivity index (χ3n) is 7.61. The molecule has 2 unspecified atom stereocenters. The van der Waals surface area contributed by atoms with Crippen LogP contribution in [0.4, 0.5) is 5.69 Å². The lowest BCUT2D eigenvalue weighted by Crippen LogP contribution is -2.57. The molecule has 1 aliphatic rings. The van der Waals surface area contributed by atoms with Crippen molar-refractivity contribution in [1.82, 2.24) is 14.0 Å². The number of carbonyl (C=O) groups is 1. The van der Waals surface area contributed by atoms with E-state index in [2.05, 4.69) is 16.7 Å². The summed E-state index contributed by atoms with van der Waals surface area (Å²) < 4.78 is 31.6. The molecule has 3 aromatic carbocycles. The zero-order valence-corrected chi connectivity index (χ0v) is 25.3. The third-order valence-corrected chi connectivity index (χ3v) is 8.51. The molecule has 1 aliphatic heterocycles. The molecule has 0 bridgehead atoms. The number of anilines is 1. The molecule has 4 aromatic rings. The van der Waals surface area contributed by atoms with Crippen LogP contribution in [-0.4, -0.2) is 73.2 Å². The van der Waals surface area contributed by atoms with E-state index in [0.29, 0.717) is 38.1 Å². The van der Waals surface area contributed by atoms with Crippen molar-refractivity contribution in [2.75, 3.05) is 38.2 Å². The second kappa shape index (κ2) is 13.9. The maximum absolute atomic E-state index is 13.3. The van der Waals surface area contributed by atoms with Crippen LogP contribution in [0.1, 0.15) is 30.0 Å². The number of aliphatic carboxylic acids is 1. The number of hydrazine groups is 1. The molecule has 1 saturated heterocycles. The average Bonchev–Trinajstić information content (AvgIpc) is 3.02. The Hall–Kier alpha value is -4.47. The highest BCUT2D eigenvalue weighted by atomic mass is 32.2. The van der Waals surface area contributed by atoms with E-state index in [9.17, 15) is 18.4 Å². The average molecular weight is 614 g/mol. The van der Waals surface area contributed by atoms with Gasteiger partial charge in [-0.1, -0.05) is 30.0 Å². The molecule has 10 nitrogen and oxygen atoms in total. The first-order chi connectivity index (χ1) is 21.2. The van der Waals surface area contributed by atoms with Crippen molar-refractivity contribution in [3.8, 4) is 17.6 Å². The van der Waals surface area contributed by atoms with E-state index < -0.39 is 23.3 Å². The minimum Gasteiger partial charge on any atom is -0.759 e. The summed E-state index contributed by atoms with van der Waals surface area (Å²) in [6.45, 7) is 4.12. The minimum absolute atomic E-state index is 0.0765. The lowest BCUT2D eigenvalue weighted by atomic mass is 10.1. The lowest BCUT2D eigenvalue weighted by molar-refractivity contribution is -0.139. The van der Waals surface area contributed by atoms with Gasteiger partial charge in [-0.25, -0.2) is 5.01 Å². The number of nitrogens with zero attached hydrogens (tertiary/aromatic N) is 4. The van der Waals surface area contributed by atoms with Gasteiger partial charge in [-0.15, -0.1) is 0 Å². The van der Waals surface area contributed by atoms with Crippen molar-refractivity contribution in [3.63, 3.8) is 0 Å². The van der Waals surface area contributed by atoms with E-state index in [-0.39, 0.29) is 12.0 Å². The quantitative estimate of drug-likeness (QED) is 0.225. The van der Waals surface area contributed by atoms with Gasteiger partial charge in [-0.05, 0) is 72.5 Å².